The van der Waals surface area contributed by atoms with Crippen molar-refractivity contribution in [3.05, 3.63) is 52.6 Å². The molecule has 1 aromatic carbocycles. The molecule has 1 aromatic heterocycles. The number of amides is 1. The van der Waals surface area contributed by atoms with Crippen molar-refractivity contribution in [3.63, 3.8) is 0 Å². The fourth-order valence-corrected chi connectivity index (χ4v) is 1.84. The quantitative estimate of drug-likeness (QED) is 0.824. The molecule has 1 N–H and O–H groups in total. The molecule has 0 fully saturated rings. The topological polar surface area (TPSA) is 77.5 Å². The van der Waals surface area contributed by atoms with Gasteiger partial charge in [-0.1, -0.05) is 15.9 Å². The Labute approximate surface area is 135 Å². The van der Waals surface area contributed by atoms with E-state index in [9.17, 15) is 9.59 Å². The van der Waals surface area contributed by atoms with E-state index in [1.165, 1.54) is 13.3 Å². The molecule has 0 unspecified atom stereocenters. The number of nitrogens with one attached hydrogen (secondary N) is 1. The van der Waals surface area contributed by atoms with Crippen molar-refractivity contribution in [1.82, 2.24) is 10.3 Å². The molecule has 0 saturated heterocycles. The summed E-state index contributed by atoms with van der Waals surface area (Å²) in [5.74, 6) is -0.297. The van der Waals surface area contributed by atoms with Crippen LogP contribution >= 0.6 is 15.9 Å². The highest BCUT2D eigenvalue weighted by Crippen LogP contribution is 2.24. The first-order chi connectivity index (χ1) is 10.6. The molecule has 7 heteroatoms. The maximum Gasteiger partial charge on any atom is 0.325 e. The summed E-state index contributed by atoms with van der Waals surface area (Å²) in [5.41, 5.74) is 0.231. The van der Waals surface area contributed by atoms with Crippen molar-refractivity contribution in [2.24, 2.45) is 0 Å². The van der Waals surface area contributed by atoms with Gasteiger partial charge in [0.25, 0.3) is 5.91 Å². The molecule has 2 rings (SSSR count). The number of esters is 1. The van der Waals surface area contributed by atoms with Gasteiger partial charge in [-0.3, -0.25) is 9.59 Å². The molecule has 22 heavy (non-hydrogen) atoms. The van der Waals surface area contributed by atoms with Gasteiger partial charge in [0.15, 0.2) is 0 Å². The number of ether oxygens (including phenoxy) is 2. The van der Waals surface area contributed by atoms with Gasteiger partial charge < -0.3 is 14.8 Å². The summed E-state index contributed by atoms with van der Waals surface area (Å²) in [5, 5.41) is 2.44. The van der Waals surface area contributed by atoms with Gasteiger partial charge in [0.2, 0.25) is 5.88 Å². The smallest absolute Gasteiger partial charge is 0.325 e. The lowest BCUT2D eigenvalue weighted by atomic mass is 10.2. The van der Waals surface area contributed by atoms with Crippen LogP contribution in [0.15, 0.2) is 47.1 Å². The molecular formula is C15H13BrN2O4. The van der Waals surface area contributed by atoms with E-state index in [1.807, 2.05) is 12.1 Å². The molecule has 114 valence electrons. The van der Waals surface area contributed by atoms with Gasteiger partial charge in [-0.15, -0.1) is 0 Å². The van der Waals surface area contributed by atoms with Crippen molar-refractivity contribution >= 4 is 27.8 Å². The van der Waals surface area contributed by atoms with Crippen molar-refractivity contribution in [2.75, 3.05) is 13.7 Å². The number of carbonyl (C=O) groups excluding carboxylic acids is 2. The van der Waals surface area contributed by atoms with E-state index in [2.05, 4.69) is 31.0 Å². The van der Waals surface area contributed by atoms with Gasteiger partial charge in [0.05, 0.1) is 7.11 Å². The Morgan fingerprint density at radius 3 is 2.64 bits per heavy atom. The molecular weight excluding hydrogens is 352 g/mol. The highest BCUT2D eigenvalue weighted by atomic mass is 79.9. The van der Waals surface area contributed by atoms with Crippen molar-refractivity contribution in [3.8, 4) is 11.6 Å². The van der Waals surface area contributed by atoms with Crippen molar-refractivity contribution in [2.45, 2.75) is 0 Å². The van der Waals surface area contributed by atoms with Gasteiger partial charge in [0.1, 0.15) is 17.9 Å². The molecule has 0 radical (unpaired) electrons. The number of carbonyl (C=O) groups is 2. The molecule has 1 amide bonds. The molecule has 0 aliphatic carbocycles. The summed E-state index contributed by atoms with van der Waals surface area (Å²) in [6.07, 6.45) is 1.52. The van der Waals surface area contributed by atoms with Crippen LogP contribution in [0.25, 0.3) is 0 Å². The monoisotopic (exact) mass is 364 g/mol. The van der Waals surface area contributed by atoms with E-state index in [0.717, 1.165) is 4.47 Å². The largest absolute Gasteiger partial charge is 0.468 e. The number of benzene rings is 1. The highest BCUT2D eigenvalue weighted by molar-refractivity contribution is 9.10. The molecule has 0 aliphatic rings. The Balaban J connectivity index is 2.14. The molecule has 0 atom stereocenters. The first-order valence-electron chi connectivity index (χ1n) is 6.33. The normalized spacial score (nSPS) is 9.91. The van der Waals surface area contributed by atoms with Crippen molar-refractivity contribution < 1.29 is 19.1 Å². The standard InChI is InChI=1S/C15H13BrN2O4/c1-21-13(19)9-18-14(20)12-3-2-8-17-15(12)22-11-6-4-10(16)5-7-11/h2-8H,9H2,1H3,(H,18,20). The zero-order chi connectivity index (χ0) is 15.9. The van der Waals surface area contributed by atoms with Gasteiger partial charge in [-0.2, -0.15) is 0 Å². The van der Waals surface area contributed by atoms with Crippen LogP contribution in [0.2, 0.25) is 0 Å². The van der Waals surface area contributed by atoms with E-state index in [1.54, 1.807) is 24.3 Å². The Kier molecular flexibility index (Phi) is 5.48. The number of aromatic nitrogens is 1. The van der Waals surface area contributed by atoms with Gasteiger partial charge in [-0.05, 0) is 36.4 Å². The molecule has 0 spiro atoms. The van der Waals surface area contributed by atoms with Crippen LogP contribution in [-0.2, 0) is 9.53 Å². The zero-order valence-electron chi connectivity index (χ0n) is 11.7. The number of hydrogen-bond donors (Lipinski definition) is 1. The first-order valence-corrected chi connectivity index (χ1v) is 7.13. The van der Waals surface area contributed by atoms with E-state index in [-0.39, 0.29) is 18.0 Å². The molecule has 6 nitrogen and oxygen atoms in total. The predicted molar refractivity (Wildman–Crippen MR) is 82.8 cm³/mol. The minimum Gasteiger partial charge on any atom is -0.468 e. The fourth-order valence-electron chi connectivity index (χ4n) is 1.58. The van der Waals surface area contributed by atoms with Crippen LogP contribution in [0.1, 0.15) is 10.4 Å². The maximum absolute atomic E-state index is 12.1. The lowest BCUT2D eigenvalue weighted by molar-refractivity contribution is -0.139. The fraction of sp³-hybridized carbons (Fsp3) is 0.133. The summed E-state index contributed by atoms with van der Waals surface area (Å²) < 4.78 is 11.0. The van der Waals surface area contributed by atoms with Crippen LogP contribution in [0.5, 0.6) is 11.6 Å². The van der Waals surface area contributed by atoms with Crippen LogP contribution in [0.4, 0.5) is 0 Å². The minimum atomic E-state index is -0.535. The Hall–Kier alpha value is -2.41. The Morgan fingerprint density at radius 1 is 1.23 bits per heavy atom. The number of methoxy groups -OCH3 is 1. The predicted octanol–water partition coefficient (Wildman–Crippen LogP) is 2.54. The van der Waals surface area contributed by atoms with Gasteiger partial charge in [-0.25, -0.2) is 4.98 Å². The second-order valence-corrected chi connectivity index (χ2v) is 5.09. The highest BCUT2D eigenvalue weighted by Gasteiger charge is 2.15. The summed E-state index contributed by atoms with van der Waals surface area (Å²) in [7, 11) is 1.25. The molecule has 0 aliphatic heterocycles. The summed E-state index contributed by atoms with van der Waals surface area (Å²) >= 11 is 3.33. The maximum atomic E-state index is 12.1. The van der Waals surface area contributed by atoms with Crippen LogP contribution in [0.3, 0.4) is 0 Å². The van der Waals surface area contributed by atoms with Crippen LogP contribution in [0, 0.1) is 0 Å². The lowest BCUT2D eigenvalue weighted by Gasteiger charge is -2.10. The average molecular weight is 365 g/mol. The average Bonchev–Trinajstić information content (AvgIpc) is 2.55. The second-order valence-electron chi connectivity index (χ2n) is 4.17. The third kappa shape index (κ3) is 4.29. The first kappa shape index (κ1) is 16.0. The number of halogens is 1. The van der Waals surface area contributed by atoms with Crippen molar-refractivity contribution in [1.29, 1.82) is 0 Å². The lowest BCUT2D eigenvalue weighted by Crippen LogP contribution is -2.30. The van der Waals surface area contributed by atoms with E-state index in [4.69, 9.17) is 4.74 Å². The summed E-state index contributed by atoms with van der Waals surface area (Å²) in [6.45, 7) is -0.220. The minimum absolute atomic E-state index is 0.159. The number of pyridine rings is 1. The second kappa shape index (κ2) is 7.56. The van der Waals surface area contributed by atoms with Crippen LogP contribution < -0.4 is 10.1 Å². The number of hydrogen-bond acceptors (Lipinski definition) is 5. The third-order valence-corrected chi connectivity index (χ3v) is 3.19. The van der Waals surface area contributed by atoms with E-state index >= 15 is 0 Å². The Morgan fingerprint density at radius 2 is 1.95 bits per heavy atom. The van der Waals surface area contributed by atoms with Gasteiger partial charge >= 0.3 is 5.97 Å². The van der Waals surface area contributed by atoms with E-state index < -0.39 is 11.9 Å². The van der Waals surface area contributed by atoms with Crippen LogP contribution in [-0.4, -0.2) is 30.5 Å². The van der Waals surface area contributed by atoms with Gasteiger partial charge in [0, 0.05) is 10.7 Å². The molecule has 0 saturated carbocycles. The molecule has 0 bridgehead atoms. The summed E-state index contributed by atoms with van der Waals surface area (Å²) in [6, 6.07) is 10.3. The molecule has 2 aromatic rings. The number of rotatable bonds is 5. The summed E-state index contributed by atoms with van der Waals surface area (Å²) in [4.78, 5) is 27.2. The Bertz CT molecular complexity index is 673. The number of nitrogens with zero attached hydrogens (tertiary/aromatic N) is 1. The molecule has 1 heterocycles. The third-order valence-electron chi connectivity index (χ3n) is 2.66. The van der Waals surface area contributed by atoms with E-state index in [0.29, 0.717) is 5.75 Å². The zero-order valence-corrected chi connectivity index (χ0v) is 13.3. The SMILES string of the molecule is COC(=O)CNC(=O)c1cccnc1Oc1ccc(Br)cc1.